The molecule has 1 rings (SSSR count). The Morgan fingerprint density at radius 3 is 2.63 bits per heavy atom. The van der Waals surface area contributed by atoms with Crippen molar-refractivity contribution in [2.75, 3.05) is 40.5 Å². The highest BCUT2D eigenvalue weighted by molar-refractivity contribution is 7.09. The molecule has 6 heteroatoms. The Balaban J connectivity index is 2.48. The van der Waals surface area contributed by atoms with Gasteiger partial charge < -0.3 is 15.2 Å². The molecule has 0 aromatic carbocycles. The van der Waals surface area contributed by atoms with Crippen LogP contribution in [-0.2, 0) is 16.0 Å². The first-order valence-electron chi connectivity index (χ1n) is 6.57. The van der Waals surface area contributed by atoms with Crippen LogP contribution in [-0.4, -0.2) is 50.4 Å². The van der Waals surface area contributed by atoms with Crippen molar-refractivity contribution in [1.82, 2.24) is 9.88 Å². The van der Waals surface area contributed by atoms with Crippen LogP contribution in [0.5, 0.6) is 0 Å². The van der Waals surface area contributed by atoms with E-state index in [1.165, 1.54) is 0 Å². The van der Waals surface area contributed by atoms with Gasteiger partial charge in [0.15, 0.2) is 0 Å². The largest absolute Gasteiger partial charge is 0.385 e. The second-order valence-electron chi connectivity index (χ2n) is 4.58. The van der Waals surface area contributed by atoms with Crippen LogP contribution in [0, 0.1) is 0 Å². The molecule has 5 nitrogen and oxygen atoms in total. The average Bonchev–Trinajstić information content (AvgIpc) is 2.84. The van der Waals surface area contributed by atoms with E-state index in [0.29, 0.717) is 0 Å². The Morgan fingerprint density at radius 2 is 2.05 bits per heavy atom. The highest BCUT2D eigenvalue weighted by atomic mass is 32.1. The summed E-state index contributed by atoms with van der Waals surface area (Å²) in [6.07, 6.45) is 1.02. The number of thiazole rings is 1. The zero-order chi connectivity index (χ0) is 14.1. The van der Waals surface area contributed by atoms with Gasteiger partial charge in [0, 0.05) is 45.8 Å². The quantitative estimate of drug-likeness (QED) is 0.663. The van der Waals surface area contributed by atoms with Gasteiger partial charge in [-0.05, 0) is 13.3 Å². The molecular formula is C13H25N3O2S. The summed E-state index contributed by atoms with van der Waals surface area (Å²) in [6, 6.07) is 0.0136. The molecule has 0 saturated carbocycles. The molecule has 0 spiro atoms. The average molecular weight is 287 g/mol. The predicted molar refractivity (Wildman–Crippen MR) is 78.4 cm³/mol. The molecule has 1 atom stereocenters. The van der Waals surface area contributed by atoms with Gasteiger partial charge in [0.05, 0.1) is 18.3 Å². The van der Waals surface area contributed by atoms with Gasteiger partial charge in [-0.3, -0.25) is 4.90 Å². The molecule has 1 aromatic rings. The van der Waals surface area contributed by atoms with Gasteiger partial charge in [-0.25, -0.2) is 4.98 Å². The number of nitrogens with two attached hydrogens (primary N) is 1. The van der Waals surface area contributed by atoms with E-state index in [1.54, 1.807) is 25.6 Å². The van der Waals surface area contributed by atoms with E-state index >= 15 is 0 Å². The molecule has 0 radical (unpaired) electrons. The molecule has 1 heterocycles. The van der Waals surface area contributed by atoms with Gasteiger partial charge in [0.2, 0.25) is 0 Å². The molecule has 0 amide bonds. The lowest BCUT2D eigenvalue weighted by molar-refractivity contribution is 0.128. The maximum atomic E-state index is 5.83. The summed E-state index contributed by atoms with van der Waals surface area (Å²) in [6.45, 7) is 6.22. The lowest BCUT2D eigenvalue weighted by Crippen LogP contribution is -2.29. The Kier molecular flexibility index (Phi) is 8.16. The van der Waals surface area contributed by atoms with Gasteiger partial charge in [0.1, 0.15) is 5.01 Å². The number of aromatic nitrogens is 1. The van der Waals surface area contributed by atoms with E-state index < -0.39 is 0 Å². The molecule has 0 fully saturated rings. The third-order valence-corrected chi connectivity index (χ3v) is 3.87. The number of hydrogen-bond donors (Lipinski definition) is 1. The lowest BCUT2D eigenvalue weighted by atomic mass is 10.3. The van der Waals surface area contributed by atoms with Crippen molar-refractivity contribution in [2.45, 2.75) is 25.9 Å². The summed E-state index contributed by atoms with van der Waals surface area (Å²) in [5, 5.41) is 3.09. The number of nitrogens with zero attached hydrogens (tertiary/aromatic N) is 2. The highest BCUT2D eigenvalue weighted by Gasteiger charge is 2.10. The number of rotatable bonds is 10. The fraction of sp³-hybridized carbons (Fsp3) is 0.769. The lowest BCUT2D eigenvalue weighted by Gasteiger charge is -2.20. The monoisotopic (exact) mass is 287 g/mol. The Bertz CT molecular complexity index is 344. The van der Waals surface area contributed by atoms with Crippen LogP contribution in [0.25, 0.3) is 0 Å². The van der Waals surface area contributed by atoms with E-state index in [4.69, 9.17) is 15.2 Å². The molecule has 1 aromatic heterocycles. The summed E-state index contributed by atoms with van der Waals surface area (Å²) in [4.78, 5) is 6.90. The first kappa shape index (κ1) is 16.5. The SMILES string of the molecule is COCCCN(CCOC)Cc1csc(C(C)N)n1. The highest BCUT2D eigenvalue weighted by Crippen LogP contribution is 2.17. The van der Waals surface area contributed by atoms with Crippen molar-refractivity contribution in [3.8, 4) is 0 Å². The van der Waals surface area contributed by atoms with Crippen molar-refractivity contribution >= 4 is 11.3 Å². The molecular weight excluding hydrogens is 262 g/mol. The minimum absolute atomic E-state index is 0.0136. The second-order valence-corrected chi connectivity index (χ2v) is 5.47. The van der Waals surface area contributed by atoms with Crippen LogP contribution < -0.4 is 5.73 Å². The third-order valence-electron chi connectivity index (χ3n) is 2.78. The Morgan fingerprint density at radius 1 is 1.32 bits per heavy atom. The van der Waals surface area contributed by atoms with Gasteiger partial charge in [-0.2, -0.15) is 0 Å². The first-order chi connectivity index (χ1) is 9.17. The number of methoxy groups -OCH3 is 2. The standard InChI is InChI=1S/C13H25N3O2S/c1-11(14)13-15-12(10-19-13)9-16(6-8-18-3)5-4-7-17-2/h10-11H,4-9,14H2,1-3H3. The maximum Gasteiger partial charge on any atom is 0.109 e. The van der Waals surface area contributed by atoms with E-state index in [0.717, 1.165) is 50.0 Å². The van der Waals surface area contributed by atoms with Gasteiger partial charge in [-0.1, -0.05) is 0 Å². The topological polar surface area (TPSA) is 60.6 Å². The Hall–Kier alpha value is -0.530. The van der Waals surface area contributed by atoms with Gasteiger partial charge >= 0.3 is 0 Å². The van der Waals surface area contributed by atoms with Crippen molar-refractivity contribution < 1.29 is 9.47 Å². The fourth-order valence-electron chi connectivity index (χ4n) is 1.76. The molecule has 19 heavy (non-hydrogen) atoms. The van der Waals surface area contributed by atoms with E-state index in [9.17, 15) is 0 Å². The molecule has 2 N–H and O–H groups in total. The van der Waals surface area contributed by atoms with Crippen LogP contribution in [0.15, 0.2) is 5.38 Å². The minimum atomic E-state index is 0.0136. The van der Waals surface area contributed by atoms with Gasteiger partial charge in [-0.15, -0.1) is 11.3 Å². The van der Waals surface area contributed by atoms with E-state index in [-0.39, 0.29) is 6.04 Å². The normalized spacial score (nSPS) is 13.1. The summed E-state index contributed by atoms with van der Waals surface area (Å²) in [7, 11) is 3.46. The molecule has 0 bridgehead atoms. The zero-order valence-electron chi connectivity index (χ0n) is 12.1. The van der Waals surface area contributed by atoms with Crippen molar-refractivity contribution in [3.63, 3.8) is 0 Å². The number of ether oxygens (including phenoxy) is 2. The minimum Gasteiger partial charge on any atom is -0.385 e. The molecule has 0 aliphatic heterocycles. The number of hydrogen-bond acceptors (Lipinski definition) is 6. The fourth-order valence-corrected chi connectivity index (χ4v) is 2.52. The molecule has 1 unspecified atom stereocenters. The van der Waals surface area contributed by atoms with Crippen molar-refractivity contribution in [3.05, 3.63) is 16.1 Å². The second kappa shape index (κ2) is 9.39. The van der Waals surface area contributed by atoms with Crippen LogP contribution >= 0.6 is 11.3 Å². The van der Waals surface area contributed by atoms with Crippen LogP contribution in [0.1, 0.15) is 30.1 Å². The van der Waals surface area contributed by atoms with Gasteiger partial charge in [0.25, 0.3) is 0 Å². The van der Waals surface area contributed by atoms with Crippen molar-refractivity contribution in [2.24, 2.45) is 5.73 Å². The summed E-state index contributed by atoms with van der Waals surface area (Å²) in [5.74, 6) is 0. The van der Waals surface area contributed by atoms with Crippen LogP contribution in [0.4, 0.5) is 0 Å². The smallest absolute Gasteiger partial charge is 0.109 e. The molecule has 110 valence electrons. The summed E-state index contributed by atoms with van der Waals surface area (Å²) < 4.78 is 10.2. The summed E-state index contributed by atoms with van der Waals surface area (Å²) >= 11 is 1.63. The van der Waals surface area contributed by atoms with Crippen molar-refractivity contribution in [1.29, 1.82) is 0 Å². The third kappa shape index (κ3) is 6.44. The molecule has 0 aliphatic rings. The molecule has 0 saturated heterocycles. The summed E-state index contributed by atoms with van der Waals surface area (Å²) in [5.41, 5.74) is 6.92. The molecule has 0 aliphatic carbocycles. The first-order valence-corrected chi connectivity index (χ1v) is 7.45. The predicted octanol–water partition coefficient (Wildman–Crippen LogP) is 1.65. The van der Waals surface area contributed by atoms with E-state index in [2.05, 4.69) is 15.3 Å². The Labute approximate surface area is 119 Å². The van der Waals surface area contributed by atoms with E-state index in [1.807, 2.05) is 6.92 Å². The maximum absolute atomic E-state index is 5.83. The van der Waals surface area contributed by atoms with Crippen LogP contribution in [0.2, 0.25) is 0 Å². The van der Waals surface area contributed by atoms with Crippen LogP contribution in [0.3, 0.4) is 0 Å². The zero-order valence-corrected chi connectivity index (χ0v) is 12.9.